The van der Waals surface area contributed by atoms with E-state index in [9.17, 15) is 14.2 Å². The third kappa shape index (κ3) is 8.21. The topological polar surface area (TPSA) is 139 Å². The van der Waals surface area contributed by atoms with Crippen molar-refractivity contribution in [3.8, 4) is 11.1 Å². The van der Waals surface area contributed by atoms with Crippen LogP contribution in [0.3, 0.4) is 0 Å². The van der Waals surface area contributed by atoms with Crippen LogP contribution < -0.4 is 21.7 Å². The van der Waals surface area contributed by atoms with E-state index in [1.165, 1.54) is 5.56 Å². The predicted octanol–water partition coefficient (Wildman–Crippen LogP) is 4.54. The zero-order valence-electron chi connectivity index (χ0n) is 23.1. The minimum Gasteiger partial charge on any atom is -0.366 e. The lowest BCUT2D eigenvalue weighted by atomic mass is 9.87. The molecule has 1 amide bonds. The molecule has 206 valence electrons. The van der Waals surface area contributed by atoms with Crippen LogP contribution in [0, 0.1) is 0 Å². The average Bonchev–Trinajstić information content (AvgIpc) is 2.87. The first-order valence-corrected chi connectivity index (χ1v) is 13.7. The second-order valence-corrected chi connectivity index (χ2v) is 11.1. The number of carbonyl (C=O) groups is 1. The fraction of sp³-hybridized carbons (Fsp3) is 0.345. The second kappa shape index (κ2) is 14.2. The molecule has 0 bridgehead atoms. The quantitative estimate of drug-likeness (QED) is 0.233. The molecule has 0 heterocycles. The van der Waals surface area contributed by atoms with Crippen LogP contribution in [0.2, 0.25) is 0 Å². The van der Waals surface area contributed by atoms with Crippen LogP contribution >= 0.6 is 0 Å². The van der Waals surface area contributed by atoms with E-state index < -0.39 is 16.9 Å². The number of nitrogens with zero attached hydrogens (tertiary/aromatic N) is 2. The lowest BCUT2D eigenvalue weighted by molar-refractivity contribution is 0.100. The summed E-state index contributed by atoms with van der Waals surface area (Å²) in [6, 6.07) is 18.8. The Kier molecular flexibility index (Phi) is 11.6. The van der Waals surface area contributed by atoms with E-state index >= 15 is 0 Å². The van der Waals surface area contributed by atoms with Crippen molar-refractivity contribution in [1.29, 1.82) is 0 Å². The monoisotopic (exact) mass is 539 g/mol. The first kappa shape index (κ1) is 31.1. The predicted molar refractivity (Wildman–Crippen MR) is 156 cm³/mol. The maximum atomic E-state index is 11.8. The van der Waals surface area contributed by atoms with E-state index in [2.05, 4.69) is 32.6 Å². The smallest absolute Gasteiger partial charge is 0.249 e. The molecular formula is C29H41N5O3S. The highest BCUT2D eigenvalue weighted by Gasteiger charge is 2.21. The summed E-state index contributed by atoms with van der Waals surface area (Å²) in [6.45, 7) is 9.16. The molecule has 3 aromatic carbocycles. The van der Waals surface area contributed by atoms with Gasteiger partial charge in [-0.25, -0.2) is 14.4 Å². The van der Waals surface area contributed by atoms with Gasteiger partial charge in [-0.1, -0.05) is 58.0 Å². The molecule has 7 N–H and O–H groups in total. The molecule has 0 saturated heterocycles. The van der Waals surface area contributed by atoms with E-state index in [-0.39, 0.29) is 18.5 Å². The third-order valence-electron chi connectivity index (χ3n) is 6.00. The van der Waals surface area contributed by atoms with Crippen LogP contribution in [0.4, 0.5) is 5.69 Å². The molecule has 1 atom stereocenters. The van der Waals surface area contributed by atoms with Crippen LogP contribution in [-0.2, 0) is 17.5 Å². The number of hydrogen-bond donors (Lipinski definition) is 4. The highest BCUT2D eigenvalue weighted by Crippen LogP contribution is 2.39. The van der Waals surface area contributed by atoms with Crippen molar-refractivity contribution in [3.63, 3.8) is 0 Å². The van der Waals surface area contributed by atoms with Crippen molar-refractivity contribution in [2.24, 2.45) is 16.6 Å². The van der Waals surface area contributed by atoms with Crippen molar-refractivity contribution in [3.05, 3.63) is 82.9 Å². The van der Waals surface area contributed by atoms with Gasteiger partial charge in [-0.05, 0) is 84.1 Å². The minimum atomic E-state index is -1.36. The lowest BCUT2D eigenvalue weighted by Gasteiger charge is -2.27. The van der Waals surface area contributed by atoms with E-state index in [1.54, 1.807) is 24.3 Å². The fourth-order valence-corrected chi connectivity index (χ4v) is 4.55. The molecule has 0 saturated carbocycles. The number of rotatable bonds is 9. The third-order valence-corrected chi connectivity index (χ3v) is 6.74. The van der Waals surface area contributed by atoms with Crippen LogP contribution in [0.25, 0.3) is 11.1 Å². The van der Waals surface area contributed by atoms with Gasteiger partial charge in [-0.15, -0.1) is 0 Å². The molecule has 9 heteroatoms. The number of anilines is 1. The maximum Gasteiger partial charge on any atom is 0.249 e. The van der Waals surface area contributed by atoms with Gasteiger partial charge in [0.2, 0.25) is 5.91 Å². The van der Waals surface area contributed by atoms with Crippen molar-refractivity contribution in [1.82, 2.24) is 4.90 Å². The molecule has 8 nitrogen and oxygen atoms in total. The Morgan fingerprint density at radius 1 is 0.947 bits per heavy atom. The summed E-state index contributed by atoms with van der Waals surface area (Å²) in [5.41, 5.74) is 17.3. The number of amides is 1. The summed E-state index contributed by atoms with van der Waals surface area (Å²) < 4.78 is 10.9. The van der Waals surface area contributed by atoms with Gasteiger partial charge < -0.3 is 16.4 Å². The Hall–Kier alpha value is -3.08. The molecule has 0 fully saturated rings. The first-order chi connectivity index (χ1) is 17.9. The molecule has 3 rings (SSSR count). The van der Waals surface area contributed by atoms with E-state index in [1.807, 2.05) is 50.5 Å². The second-order valence-electron chi connectivity index (χ2n) is 9.98. The Morgan fingerprint density at radius 2 is 1.47 bits per heavy atom. The van der Waals surface area contributed by atoms with Gasteiger partial charge in [-0.3, -0.25) is 10.0 Å². The summed E-state index contributed by atoms with van der Waals surface area (Å²) in [4.78, 5) is 14.6. The normalized spacial score (nSPS) is 11.9. The van der Waals surface area contributed by atoms with Crippen molar-refractivity contribution in [2.45, 2.75) is 51.0 Å². The number of carbonyl (C=O) groups excluding carboxylic acids is 1. The fourth-order valence-electron chi connectivity index (χ4n) is 4.15. The first-order valence-electron chi connectivity index (χ1n) is 12.5. The van der Waals surface area contributed by atoms with Crippen LogP contribution in [0.1, 0.15) is 66.6 Å². The van der Waals surface area contributed by atoms with E-state index in [4.69, 9.17) is 16.6 Å². The molecule has 3 aromatic rings. The lowest BCUT2D eigenvalue weighted by Crippen LogP contribution is -2.28. The van der Waals surface area contributed by atoms with E-state index in [0.717, 1.165) is 39.5 Å². The van der Waals surface area contributed by atoms with Crippen molar-refractivity contribution in [2.75, 3.05) is 25.8 Å². The maximum absolute atomic E-state index is 11.8. The molecule has 38 heavy (non-hydrogen) atoms. The summed E-state index contributed by atoms with van der Waals surface area (Å²) in [5, 5.41) is 16.6. The molecule has 0 aliphatic carbocycles. The Bertz CT molecular complexity index is 1210. The molecular weight excluding hydrogens is 498 g/mol. The molecule has 0 aliphatic heterocycles. The average molecular weight is 540 g/mol. The number of benzene rings is 3. The van der Waals surface area contributed by atoms with Crippen molar-refractivity contribution < 1.29 is 14.2 Å². The van der Waals surface area contributed by atoms with Gasteiger partial charge in [-0.2, -0.15) is 0 Å². The van der Waals surface area contributed by atoms with Crippen molar-refractivity contribution >= 4 is 22.6 Å². The largest absolute Gasteiger partial charge is 0.366 e. The minimum absolute atomic E-state index is 0.0106. The number of primary amides is 1. The number of hydroxylamine groups is 1. The van der Waals surface area contributed by atoms with Gasteiger partial charge >= 0.3 is 0 Å². The van der Waals surface area contributed by atoms with E-state index in [0.29, 0.717) is 10.5 Å². The summed E-state index contributed by atoms with van der Waals surface area (Å²) in [7, 11) is 2.65. The Morgan fingerprint density at radius 3 is 1.89 bits per heavy atom. The Balaban J connectivity index is 0.000000328. The molecule has 0 radical (unpaired) electrons. The zero-order chi connectivity index (χ0) is 28.6. The molecule has 0 aliphatic rings. The standard InChI is InChI=1S/C20H27N3O2.C9H14N2OS/c1-12(2)17-9-14(15-7-5-6-8-16(15)20(22)24)10-18(13(3)4)19(17)23(25)11-21;1-11(2)7-8-3-5-9(6-4-8)13(10)12/h5-10,12-13,25H,11,21H2,1-4H3,(H2,22,24);3-6H,7,10H2,1-2H3. The van der Waals surface area contributed by atoms with Gasteiger partial charge in [0.25, 0.3) is 0 Å². The number of hydrogen-bond acceptors (Lipinski definition) is 6. The molecule has 0 spiro atoms. The highest BCUT2D eigenvalue weighted by molar-refractivity contribution is 7.82. The van der Waals surface area contributed by atoms with Crippen LogP contribution in [-0.4, -0.2) is 41.0 Å². The highest BCUT2D eigenvalue weighted by atomic mass is 32.2. The number of nitrogens with two attached hydrogens (primary N) is 3. The SMILES string of the molecule is CC(C)c1cc(-c2ccccc2C(N)=O)cc(C(C)C)c1N(O)CN.CN(C)Cc1ccc(S(N)=O)cc1. The van der Waals surface area contributed by atoms with Gasteiger partial charge in [0.05, 0.1) is 17.3 Å². The molecule has 1 unspecified atom stereocenters. The summed E-state index contributed by atoms with van der Waals surface area (Å²) in [6.07, 6.45) is 0. The molecule has 0 aromatic heterocycles. The van der Waals surface area contributed by atoms with Gasteiger partial charge in [0.1, 0.15) is 11.0 Å². The summed E-state index contributed by atoms with van der Waals surface area (Å²) in [5.74, 6) is -0.105. The van der Waals surface area contributed by atoms with Crippen LogP contribution in [0.5, 0.6) is 0 Å². The Labute approximate surface area is 229 Å². The zero-order valence-corrected chi connectivity index (χ0v) is 24.0. The van der Waals surface area contributed by atoms with Crippen LogP contribution in [0.15, 0.2) is 65.6 Å². The van der Waals surface area contributed by atoms with Gasteiger partial charge in [0, 0.05) is 12.1 Å². The summed E-state index contributed by atoms with van der Waals surface area (Å²) >= 11 is 0. The van der Waals surface area contributed by atoms with Gasteiger partial charge in [0.15, 0.2) is 0 Å².